The van der Waals surface area contributed by atoms with Crippen LogP contribution in [0.25, 0.3) is 0 Å². The third-order valence-corrected chi connectivity index (χ3v) is 5.34. The second-order valence-corrected chi connectivity index (χ2v) is 7.96. The maximum absolute atomic E-state index is 10.7. The number of carbonyl (C=O) groups is 1. The normalized spacial score (nSPS) is 10.9. The van der Waals surface area contributed by atoms with Crippen molar-refractivity contribution in [2.24, 2.45) is 0 Å². The Kier molecular flexibility index (Phi) is 22.7. The highest BCUT2D eigenvalue weighted by atomic mass is 16.7. The minimum absolute atomic E-state index is 0.452. The number of rotatable bonds is 21. The Labute approximate surface area is 170 Å². The number of hydrogen-bond donors (Lipinski definition) is 0. The van der Waals surface area contributed by atoms with Crippen LogP contribution in [0, 0.1) is 7.11 Å². The van der Waals surface area contributed by atoms with Crippen molar-refractivity contribution in [2.45, 2.75) is 135 Å². The first-order valence-corrected chi connectivity index (χ1v) is 11.9. The van der Waals surface area contributed by atoms with Gasteiger partial charge >= 0.3 is 6.16 Å². The zero-order valence-corrected chi connectivity index (χ0v) is 18.3. The van der Waals surface area contributed by atoms with Gasteiger partial charge in [0.2, 0.25) is 0 Å². The molecule has 0 rings (SSSR count). The van der Waals surface area contributed by atoms with Crippen LogP contribution >= 0.6 is 0 Å². The molecule has 0 aromatic rings. The van der Waals surface area contributed by atoms with Gasteiger partial charge in [0.1, 0.15) is 7.11 Å². The lowest BCUT2D eigenvalue weighted by Gasteiger charge is -2.04. The summed E-state index contributed by atoms with van der Waals surface area (Å²) < 4.78 is 8.99. The molecule has 0 aliphatic carbocycles. The van der Waals surface area contributed by atoms with Gasteiger partial charge in [-0.25, -0.2) is 4.79 Å². The van der Waals surface area contributed by atoms with Crippen LogP contribution in [-0.4, -0.2) is 12.8 Å². The molecular formula is C24H47O3. The van der Waals surface area contributed by atoms with Gasteiger partial charge in [0.25, 0.3) is 0 Å². The Morgan fingerprint density at radius 2 is 0.852 bits per heavy atom. The molecule has 0 aliphatic rings. The Morgan fingerprint density at radius 1 is 0.556 bits per heavy atom. The predicted octanol–water partition coefficient (Wildman–Crippen LogP) is 8.75. The fourth-order valence-corrected chi connectivity index (χ4v) is 3.55. The SMILES string of the molecule is [CH2]OC(=O)OCCCCCCCCCCCCCCCCCCCCCC. The van der Waals surface area contributed by atoms with Crippen molar-refractivity contribution in [3.05, 3.63) is 7.11 Å². The second kappa shape index (κ2) is 23.3. The molecule has 3 nitrogen and oxygen atoms in total. The summed E-state index contributed by atoms with van der Waals surface area (Å²) in [5, 5.41) is 0. The van der Waals surface area contributed by atoms with Crippen LogP contribution in [0.2, 0.25) is 0 Å². The Balaban J connectivity index is 3.00. The molecule has 0 aliphatic heterocycles. The van der Waals surface area contributed by atoms with Gasteiger partial charge in [0, 0.05) is 0 Å². The highest BCUT2D eigenvalue weighted by molar-refractivity contribution is 5.59. The highest BCUT2D eigenvalue weighted by Crippen LogP contribution is 2.14. The third-order valence-electron chi connectivity index (χ3n) is 5.34. The van der Waals surface area contributed by atoms with Crippen molar-refractivity contribution >= 4 is 6.16 Å². The standard InChI is InChI=1S/C24H47O3/c1-3-4-5-6-7-8-9-10-11-12-13-14-15-16-17-18-19-20-21-22-23-27-24(25)26-2/h2-23H2,1H3. The molecule has 0 aromatic heterocycles. The summed E-state index contributed by atoms with van der Waals surface area (Å²) in [7, 11) is 3.02. The molecular weight excluding hydrogens is 336 g/mol. The molecule has 0 aromatic carbocycles. The monoisotopic (exact) mass is 383 g/mol. The number of carbonyl (C=O) groups excluding carboxylic acids is 1. The molecule has 3 heteroatoms. The molecule has 0 unspecified atom stereocenters. The van der Waals surface area contributed by atoms with E-state index < -0.39 is 6.16 Å². The van der Waals surface area contributed by atoms with Gasteiger partial charge in [-0.2, -0.15) is 0 Å². The summed E-state index contributed by atoms with van der Waals surface area (Å²) in [4.78, 5) is 10.7. The van der Waals surface area contributed by atoms with Crippen LogP contribution in [0.1, 0.15) is 135 Å². The van der Waals surface area contributed by atoms with E-state index in [-0.39, 0.29) is 0 Å². The van der Waals surface area contributed by atoms with Gasteiger partial charge in [0.15, 0.2) is 0 Å². The summed E-state index contributed by atoms with van der Waals surface area (Å²) in [6.07, 6.45) is 26.7. The lowest BCUT2D eigenvalue weighted by atomic mass is 10.0. The van der Waals surface area contributed by atoms with Crippen LogP contribution < -0.4 is 0 Å². The summed E-state index contributed by atoms with van der Waals surface area (Å²) in [6.45, 7) is 2.74. The third kappa shape index (κ3) is 23.2. The van der Waals surface area contributed by atoms with Crippen LogP contribution in [0.3, 0.4) is 0 Å². The molecule has 0 atom stereocenters. The van der Waals surface area contributed by atoms with Crippen molar-refractivity contribution in [3.8, 4) is 0 Å². The van der Waals surface area contributed by atoms with E-state index >= 15 is 0 Å². The van der Waals surface area contributed by atoms with Gasteiger partial charge in [-0.1, -0.05) is 129 Å². The first kappa shape index (κ1) is 26.3. The quantitative estimate of drug-likeness (QED) is 0.147. The van der Waals surface area contributed by atoms with Gasteiger partial charge in [-0.05, 0) is 6.42 Å². The molecule has 1 radical (unpaired) electrons. The largest absolute Gasteiger partial charge is 0.508 e. The van der Waals surface area contributed by atoms with E-state index in [1.807, 2.05) is 0 Å². The van der Waals surface area contributed by atoms with Crippen molar-refractivity contribution in [1.82, 2.24) is 0 Å². The van der Waals surface area contributed by atoms with E-state index in [4.69, 9.17) is 4.74 Å². The summed E-state index contributed by atoms with van der Waals surface area (Å²) >= 11 is 0. The summed E-state index contributed by atoms with van der Waals surface area (Å²) in [5.74, 6) is 0. The molecule has 0 spiro atoms. The highest BCUT2D eigenvalue weighted by Gasteiger charge is 1.99. The first-order chi connectivity index (χ1) is 13.3. The van der Waals surface area contributed by atoms with Crippen LogP contribution in [0.15, 0.2) is 0 Å². The molecule has 0 heterocycles. The molecule has 0 saturated heterocycles. The van der Waals surface area contributed by atoms with Crippen molar-refractivity contribution < 1.29 is 14.3 Å². The number of ether oxygens (including phenoxy) is 2. The van der Waals surface area contributed by atoms with E-state index in [0.29, 0.717) is 6.61 Å². The van der Waals surface area contributed by atoms with E-state index in [2.05, 4.69) is 18.8 Å². The lowest BCUT2D eigenvalue weighted by molar-refractivity contribution is 0.0814. The molecule has 0 bridgehead atoms. The fourth-order valence-electron chi connectivity index (χ4n) is 3.55. The maximum atomic E-state index is 10.7. The average Bonchev–Trinajstić information content (AvgIpc) is 2.68. The molecule has 27 heavy (non-hydrogen) atoms. The fraction of sp³-hybridized carbons (Fsp3) is 0.917. The van der Waals surface area contributed by atoms with Gasteiger partial charge in [-0.15, -0.1) is 0 Å². The Bertz CT molecular complexity index is 291. The minimum Gasteiger partial charge on any atom is -0.434 e. The average molecular weight is 384 g/mol. The van der Waals surface area contributed by atoms with Crippen LogP contribution in [-0.2, 0) is 9.47 Å². The van der Waals surface area contributed by atoms with Crippen LogP contribution in [0.5, 0.6) is 0 Å². The smallest absolute Gasteiger partial charge is 0.434 e. The topological polar surface area (TPSA) is 35.5 Å². The first-order valence-electron chi connectivity index (χ1n) is 11.9. The molecule has 0 fully saturated rings. The van der Waals surface area contributed by atoms with Crippen molar-refractivity contribution in [1.29, 1.82) is 0 Å². The molecule has 0 amide bonds. The van der Waals surface area contributed by atoms with Gasteiger partial charge in [-0.3, -0.25) is 0 Å². The summed E-state index contributed by atoms with van der Waals surface area (Å²) in [6, 6.07) is 0. The van der Waals surface area contributed by atoms with Crippen molar-refractivity contribution in [2.75, 3.05) is 6.61 Å². The second-order valence-electron chi connectivity index (χ2n) is 7.96. The van der Waals surface area contributed by atoms with E-state index in [9.17, 15) is 4.79 Å². The zero-order valence-electron chi connectivity index (χ0n) is 18.3. The molecule has 0 N–H and O–H groups in total. The zero-order chi connectivity index (χ0) is 19.8. The van der Waals surface area contributed by atoms with Crippen LogP contribution in [0.4, 0.5) is 4.79 Å². The lowest BCUT2D eigenvalue weighted by Crippen LogP contribution is -2.04. The Hall–Kier alpha value is -0.730. The number of unbranched alkanes of at least 4 members (excludes halogenated alkanes) is 19. The Morgan fingerprint density at radius 3 is 1.15 bits per heavy atom. The van der Waals surface area contributed by atoms with E-state index in [1.165, 1.54) is 116 Å². The van der Waals surface area contributed by atoms with Gasteiger partial charge in [0.05, 0.1) is 6.61 Å². The predicted molar refractivity (Wildman–Crippen MR) is 116 cm³/mol. The molecule has 161 valence electrons. The van der Waals surface area contributed by atoms with Gasteiger partial charge < -0.3 is 9.47 Å². The number of hydrogen-bond acceptors (Lipinski definition) is 3. The minimum atomic E-state index is -0.673. The maximum Gasteiger partial charge on any atom is 0.508 e. The molecule has 0 saturated carbocycles. The van der Waals surface area contributed by atoms with E-state index in [0.717, 1.165) is 12.8 Å². The van der Waals surface area contributed by atoms with E-state index in [1.54, 1.807) is 0 Å². The van der Waals surface area contributed by atoms with Crippen molar-refractivity contribution in [3.63, 3.8) is 0 Å². The summed E-state index contributed by atoms with van der Waals surface area (Å²) in [5.41, 5.74) is 0.